The number of aryl methyl sites for hydroxylation is 2. The molecule has 1 heteroatoms. The van der Waals surface area contributed by atoms with E-state index in [1.54, 1.807) is 5.56 Å². The molecule has 2 aromatic rings. The third kappa shape index (κ3) is 4.65. The Kier molecular flexibility index (Phi) is 6.64. The van der Waals surface area contributed by atoms with Gasteiger partial charge in [0.05, 0.1) is 0 Å². The number of hydrogen-bond acceptors (Lipinski definition) is 1. The predicted octanol–water partition coefficient (Wildman–Crippen LogP) is 6.41. The standard InChI is InChI=1S/C29H37N/c1-4-21-10-12-22(13-11-21)15-27-17-26(24-14-9-20(3)23(5-2)16-24)19-29(27)25-7-6-8-28(30)18-25/h1,9-14,16,25-29H,5-8,15,17-19,30H2,2-3H3. The number of rotatable bonds is 5. The van der Waals surface area contributed by atoms with Crippen LogP contribution >= 0.6 is 0 Å². The molecule has 0 amide bonds. The lowest BCUT2D eigenvalue weighted by molar-refractivity contribution is 0.187. The predicted molar refractivity (Wildman–Crippen MR) is 128 cm³/mol. The van der Waals surface area contributed by atoms with Crippen molar-refractivity contribution in [1.29, 1.82) is 0 Å². The molecule has 0 aliphatic heterocycles. The van der Waals surface area contributed by atoms with Gasteiger partial charge >= 0.3 is 0 Å². The number of hydrogen-bond donors (Lipinski definition) is 1. The van der Waals surface area contributed by atoms with E-state index in [4.69, 9.17) is 12.2 Å². The van der Waals surface area contributed by atoms with Gasteiger partial charge in [-0.25, -0.2) is 0 Å². The quantitative estimate of drug-likeness (QED) is 0.578. The Morgan fingerprint density at radius 3 is 2.53 bits per heavy atom. The van der Waals surface area contributed by atoms with Gasteiger partial charge in [-0.2, -0.15) is 0 Å². The number of nitrogens with two attached hydrogens (primary N) is 1. The van der Waals surface area contributed by atoms with Crippen LogP contribution < -0.4 is 5.73 Å². The lowest BCUT2D eigenvalue weighted by Gasteiger charge is -2.34. The summed E-state index contributed by atoms with van der Waals surface area (Å²) in [5.41, 5.74) is 13.3. The van der Waals surface area contributed by atoms with Gasteiger partial charge in [0, 0.05) is 11.6 Å². The Balaban J connectivity index is 1.57. The van der Waals surface area contributed by atoms with Crippen LogP contribution in [0, 0.1) is 37.0 Å². The molecule has 2 fully saturated rings. The average molecular weight is 400 g/mol. The summed E-state index contributed by atoms with van der Waals surface area (Å²) in [6.07, 6.45) is 15.6. The van der Waals surface area contributed by atoms with E-state index in [1.165, 1.54) is 61.6 Å². The summed E-state index contributed by atoms with van der Waals surface area (Å²) < 4.78 is 0. The third-order valence-corrected chi connectivity index (χ3v) is 7.95. The van der Waals surface area contributed by atoms with E-state index in [9.17, 15) is 0 Å². The van der Waals surface area contributed by atoms with E-state index in [0.29, 0.717) is 12.0 Å². The first-order valence-electron chi connectivity index (χ1n) is 12.0. The van der Waals surface area contributed by atoms with E-state index in [0.717, 1.165) is 29.7 Å². The first-order chi connectivity index (χ1) is 14.6. The Morgan fingerprint density at radius 1 is 1.03 bits per heavy atom. The van der Waals surface area contributed by atoms with Gasteiger partial charge < -0.3 is 5.73 Å². The van der Waals surface area contributed by atoms with E-state index >= 15 is 0 Å². The molecule has 2 aliphatic rings. The topological polar surface area (TPSA) is 26.0 Å². The Labute approximate surface area is 183 Å². The van der Waals surface area contributed by atoms with Gasteiger partial charge in [0.1, 0.15) is 0 Å². The highest BCUT2D eigenvalue weighted by atomic mass is 14.6. The fraction of sp³-hybridized carbons (Fsp3) is 0.517. The fourth-order valence-electron chi connectivity index (χ4n) is 6.26. The summed E-state index contributed by atoms with van der Waals surface area (Å²) in [5.74, 6) is 5.76. The Bertz CT molecular complexity index is 888. The molecule has 2 aliphatic carbocycles. The van der Waals surface area contributed by atoms with Crippen LogP contribution in [0.4, 0.5) is 0 Å². The molecule has 5 atom stereocenters. The van der Waals surface area contributed by atoms with E-state index in [2.05, 4.69) is 62.2 Å². The van der Waals surface area contributed by atoms with Gasteiger partial charge in [-0.1, -0.05) is 56.0 Å². The monoisotopic (exact) mass is 399 g/mol. The van der Waals surface area contributed by atoms with Crippen LogP contribution in [0.2, 0.25) is 0 Å². The van der Waals surface area contributed by atoms with Crippen molar-refractivity contribution in [1.82, 2.24) is 0 Å². The Hall–Kier alpha value is -2.04. The Morgan fingerprint density at radius 2 is 1.83 bits per heavy atom. The second-order valence-corrected chi connectivity index (χ2v) is 9.86. The van der Waals surface area contributed by atoms with Crippen molar-refractivity contribution >= 4 is 0 Å². The van der Waals surface area contributed by atoms with E-state index in [-0.39, 0.29) is 0 Å². The summed E-state index contributed by atoms with van der Waals surface area (Å²) in [6.45, 7) is 4.52. The third-order valence-electron chi connectivity index (χ3n) is 7.95. The molecular formula is C29H37N. The molecule has 4 rings (SSSR count). The molecule has 158 valence electrons. The highest BCUT2D eigenvalue weighted by Crippen LogP contribution is 2.50. The van der Waals surface area contributed by atoms with E-state index in [1.807, 2.05) is 0 Å². The van der Waals surface area contributed by atoms with E-state index < -0.39 is 0 Å². The molecule has 2 N–H and O–H groups in total. The minimum absolute atomic E-state index is 0.407. The highest BCUT2D eigenvalue weighted by molar-refractivity contribution is 5.35. The number of benzene rings is 2. The van der Waals surface area contributed by atoms with Crippen molar-refractivity contribution in [3.8, 4) is 12.3 Å². The molecular weight excluding hydrogens is 362 g/mol. The van der Waals surface area contributed by atoms with Crippen LogP contribution in [-0.2, 0) is 12.8 Å². The lowest BCUT2D eigenvalue weighted by atomic mass is 9.72. The first-order valence-corrected chi connectivity index (χ1v) is 12.0. The van der Waals surface area contributed by atoms with Crippen LogP contribution in [0.5, 0.6) is 0 Å². The smallest absolute Gasteiger partial charge is 0.0242 e. The average Bonchev–Trinajstić information content (AvgIpc) is 3.18. The zero-order chi connectivity index (χ0) is 21.1. The van der Waals surface area contributed by atoms with Crippen LogP contribution in [0.3, 0.4) is 0 Å². The summed E-state index contributed by atoms with van der Waals surface area (Å²) in [4.78, 5) is 0. The van der Waals surface area contributed by atoms with Crippen LogP contribution in [0.15, 0.2) is 42.5 Å². The van der Waals surface area contributed by atoms with Gasteiger partial charge in [0.15, 0.2) is 0 Å². The van der Waals surface area contributed by atoms with Crippen LogP contribution in [0.25, 0.3) is 0 Å². The molecule has 0 saturated heterocycles. The minimum Gasteiger partial charge on any atom is -0.328 e. The zero-order valence-corrected chi connectivity index (χ0v) is 18.7. The molecule has 5 unspecified atom stereocenters. The summed E-state index contributed by atoms with van der Waals surface area (Å²) in [5, 5.41) is 0. The van der Waals surface area contributed by atoms with Crippen molar-refractivity contribution in [3.05, 3.63) is 70.3 Å². The van der Waals surface area contributed by atoms with Crippen LogP contribution in [-0.4, -0.2) is 6.04 Å². The second-order valence-electron chi connectivity index (χ2n) is 9.86. The van der Waals surface area contributed by atoms with Crippen molar-refractivity contribution in [2.45, 2.75) is 77.2 Å². The molecule has 1 nitrogen and oxygen atoms in total. The maximum absolute atomic E-state index is 6.40. The maximum atomic E-state index is 6.40. The molecule has 2 saturated carbocycles. The van der Waals surface area contributed by atoms with Crippen molar-refractivity contribution in [2.75, 3.05) is 0 Å². The van der Waals surface area contributed by atoms with Crippen LogP contribution in [0.1, 0.15) is 79.2 Å². The van der Waals surface area contributed by atoms with Gasteiger partial charge in [-0.3, -0.25) is 0 Å². The van der Waals surface area contributed by atoms with Gasteiger partial charge in [-0.05, 0) is 104 Å². The molecule has 0 aromatic heterocycles. The number of terminal acetylenes is 1. The lowest BCUT2D eigenvalue weighted by Crippen LogP contribution is -2.33. The molecule has 2 aromatic carbocycles. The van der Waals surface area contributed by atoms with Gasteiger partial charge in [0.2, 0.25) is 0 Å². The van der Waals surface area contributed by atoms with Gasteiger partial charge in [0.25, 0.3) is 0 Å². The normalized spacial score (nSPS) is 28.9. The fourth-order valence-corrected chi connectivity index (χ4v) is 6.26. The zero-order valence-electron chi connectivity index (χ0n) is 18.7. The molecule has 0 radical (unpaired) electrons. The van der Waals surface area contributed by atoms with Gasteiger partial charge in [-0.15, -0.1) is 6.42 Å². The molecule has 30 heavy (non-hydrogen) atoms. The maximum Gasteiger partial charge on any atom is 0.0242 e. The van der Waals surface area contributed by atoms with Crippen molar-refractivity contribution < 1.29 is 0 Å². The largest absolute Gasteiger partial charge is 0.328 e. The second kappa shape index (κ2) is 9.40. The minimum atomic E-state index is 0.407. The molecule has 0 bridgehead atoms. The summed E-state index contributed by atoms with van der Waals surface area (Å²) in [6, 6.07) is 16.3. The highest BCUT2D eigenvalue weighted by Gasteiger charge is 2.40. The summed E-state index contributed by atoms with van der Waals surface area (Å²) >= 11 is 0. The first kappa shape index (κ1) is 21.2. The molecule has 0 spiro atoms. The summed E-state index contributed by atoms with van der Waals surface area (Å²) in [7, 11) is 0. The SMILES string of the molecule is C#Cc1ccc(CC2CC(c3ccc(C)c(CC)c3)CC2C2CCCC(N)C2)cc1. The van der Waals surface area contributed by atoms with Crippen molar-refractivity contribution in [2.24, 2.45) is 23.5 Å². The van der Waals surface area contributed by atoms with Crippen molar-refractivity contribution in [3.63, 3.8) is 0 Å². The molecule has 0 heterocycles.